The van der Waals surface area contributed by atoms with Crippen molar-refractivity contribution in [3.63, 3.8) is 0 Å². The highest BCUT2D eigenvalue weighted by molar-refractivity contribution is 5.77. The molecule has 2 heteroatoms. The molecule has 1 unspecified atom stereocenters. The van der Waals surface area contributed by atoms with Gasteiger partial charge in [0.15, 0.2) is 0 Å². The molecule has 0 bridgehead atoms. The number of benzene rings is 1. The van der Waals surface area contributed by atoms with Crippen LogP contribution in [0.25, 0.3) is 0 Å². The fourth-order valence-corrected chi connectivity index (χ4v) is 2.10. The number of hydrogen-bond donors (Lipinski definition) is 1. The highest BCUT2D eigenvalue weighted by Crippen LogP contribution is 2.31. The van der Waals surface area contributed by atoms with Gasteiger partial charge in [0, 0.05) is 0 Å². The zero-order chi connectivity index (χ0) is 12.3. The van der Waals surface area contributed by atoms with Crippen molar-refractivity contribution in [2.24, 2.45) is 5.92 Å². The monoisotopic (exact) mass is 220 g/mol. The second kappa shape index (κ2) is 5.15. The van der Waals surface area contributed by atoms with Gasteiger partial charge in [0.1, 0.15) is 0 Å². The first-order chi connectivity index (χ1) is 7.45. The number of aliphatic carboxylic acids is 1. The van der Waals surface area contributed by atoms with Gasteiger partial charge in [-0.3, -0.25) is 4.79 Å². The molecule has 0 aromatic heterocycles. The van der Waals surface area contributed by atoms with E-state index in [-0.39, 0.29) is 5.92 Å². The molecule has 0 spiro atoms. The molecule has 0 aliphatic heterocycles. The fraction of sp³-hybridized carbons (Fsp3) is 0.500. The van der Waals surface area contributed by atoms with Gasteiger partial charge < -0.3 is 5.11 Å². The molecule has 0 aliphatic rings. The summed E-state index contributed by atoms with van der Waals surface area (Å²) in [4.78, 5) is 11.3. The highest BCUT2D eigenvalue weighted by Gasteiger charge is 2.26. The Bertz CT molecular complexity index is 367. The van der Waals surface area contributed by atoms with E-state index in [0.717, 1.165) is 11.1 Å². The van der Waals surface area contributed by atoms with E-state index in [4.69, 9.17) is 0 Å². The van der Waals surface area contributed by atoms with Crippen LogP contribution in [0.4, 0.5) is 0 Å². The van der Waals surface area contributed by atoms with Crippen molar-refractivity contribution in [1.29, 1.82) is 0 Å². The minimum Gasteiger partial charge on any atom is -0.481 e. The van der Waals surface area contributed by atoms with Gasteiger partial charge in [-0.25, -0.2) is 0 Å². The van der Waals surface area contributed by atoms with E-state index in [1.165, 1.54) is 0 Å². The molecular weight excluding hydrogens is 200 g/mol. The van der Waals surface area contributed by atoms with Gasteiger partial charge in [-0.05, 0) is 23.0 Å². The summed E-state index contributed by atoms with van der Waals surface area (Å²) >= 11 is 0. The summed E-state index contributed by atoms with van der Waals surface area (Å²) in [5.41, 5.74) is 2.10. The van der Waals surface area contributed by atoms with Crippen molar-refractivity contribution in [3.8, 4) is 0 Å². The van der Waals surface area contributed by atoms with Crippen LogP contribution in [0.15, 0.2) is 24.3 Å². The molecule has 0 saturated heterocycles. The molecule has 1 atom stereocenters. The van der Waals surface area contributed by atoms with Gasteiger partial charge in [-0.2, -0.15) is 0 Å². The van der Waals surface area contributed by atoms with Crippen LogP contribution in [0, 0.1) is 5.92 Å². The molecule has 0 aliphatic carbocycles. The molecule has 0 heterocycles. The van der Waals surface area contributed by atoms with E-state index in [0.29, 0.717) is 5.92 Å². The van der Waals surface area contributed by atoms with Gasteiger partial charge in [0.05, 0.1) is 5.92 Å². The van der Waals surface area contributed by atoms with Crippen LogP contribution in [0.5, 0.6) is 0 Å². The van der Waals surface area contributed by atoms with E-state index in [1.807, 2.05) is 38.1 Å². The standard InChI is InChI=1S/C14H20O2/c1-9(2)11-7-5-6-8-12(11)13(10(3)4)14(15)16/h5-10,13H,1-4H3,(H,15,16). The molecule has 0 saturated carbocycles. The maximum Gasteiger partial charge on any atom is 0.311 e. The smallest absolute Gasteiger partial charge is 0.311 e. The van der Waals surface area contributed by atoms with Crippen molar-refractivity contribution in [2.75, 3.05) is 0 Å². The van der Waals surface area contributed by atoms with E-state index < -0.39 is 11.9 Å². The molecular formula is C14H20O2. The van der Waals surface area contributed by atoms with Crippen LogP contribution in [-0.4, -0.2) is 11.1 Å². The zero-order valence-electron chi connectivity index (χ0n) is 10.4. The lowest BCUT2D eigenvalue weighted by Crippen LogP contribution is -2.19. The third kappa shape index (κ3) is 2.63. The summed E-state index contributed by atoms with van der Waals surface area (Å²) in [7, 11) is 0. The second-order valence-corrected chi connectivity index (χ2v) is 4.84. The zero-order valence-corrected chi connectivity index (χ0v) is 10.4. The third-order valence-electron chi connectivity index (χ3n) is 2.89. The normalized spacial score (nSPS) is 13.1. The fourth-order valence-electron chi connectivity index (χ4n) is 2.10. The molecule has 1 rings (SSSR count). The van der Waals surface area contributed by atoms with Crippen molar-refractivity contribution in [2.45, 2.75) is 39.5 Å². The summed E-state index contributed by atoms with van der Waals surface area (Å²) < 4.78 is 0. The molecule has 0 amide bonds. The summed E-state index contributed by atoms with van der Waals surface area (Å²) in [6, 6.07) is 7.85. The summed E-state index contributed by atoms with van der Waals surface area (Å²) in [5, 5.41) is 9.30. The van der Waals surface area contributed by atoms with E-state index in [9.17, 15) is 9.90 Å². The van der Waals surface area contributed by atoms with Crippen molar-refractivity contribution >= 4 is 5.97 Å². The van der Waals surface area contributed by atoms with Crippen molar-refractivity contribution < 1.29 is 9.90 Å². The molecule has 88 valence electrons. The SMILES string of the molecule is CC(C)c1ccccc1C(C(=O)O)C(C)C. The Morgan fingerprint density at radius 3 is 1.94 bits per heavy atom. The first-order valence-electron chi connectivity index (χ1n) is 5.76. The predicted molar refractivity (Wildman–Crippen MR) is 65.7 cm³/mol. The van der Waals surface area contributed by atoms with Crippen LogP contribution >= 0.6 is 0 Å². The molecule has 1 aromatic carbocycles. The van der Waals surface area contributed by atoms with Gasteiger partial charge >= 0.3 is 5.97 Å². The van der Waals surface area contributed by atoms with Gasteiger partial charge in [0.2, 0.25) is 0 Å². The molecule has 0 radical (unpaired) electrons. The Morgan fingerprint density at radius 1 is 1.06 bits per heavy atom. The topological polar surface area (TPSA) is 37.3 Å². The first-order valence-corrected chi connectivity index (χ1v) is 5.76. The highest BCUT2D eigenvalue weighted by atomic mass is 16.4. The molecule has 16 heavy (non-hydrogen) atoms. The van der Waals surface area contributed by atoms with E-state index in [1.54, 1.807) is 0 Å². The molecule has 2 nitrogen and oxygen atoms in total. The quantitative estimate of drug-likeness (QED) is 0.841. The molecule has 0 fully saturated rings. The Hall–Kier alpha value is -1.31. The van der Waals surface area contributed by atoms with Crippen LogP contribution in [-0.2, 0) is 4.79 Å². The second-order valence-electron chi connectivity index (χ2n) is 4.84. The lowest BCUT2D eigenvalue weighted by atomic mass is 9.83. The number of rotatable bonds is 4. The van der Waals surface area contributed by atoms with E-state index in [2.05, 4.69) is 13.8 Å². The van der Waals surface area contributed by atoms with Gasteiger partial charge in [-0.15, -0.1) is 0 Å². The Balaban J connectivity index is 3.24. The Kier molecular flexibility index (Phi) is 4.11. The number of carboxylic acid groups (broad SMARTS) is 1. The number of carbonyl (C=O) groups is 1. The lowest BCUT2D eigenvalue weighted by molar-refractivity contribution is -0.139. The summed E-state index contributed by atoms with van der Waals surface area (Å²) in [6.45, 7) is 8.10. The maximum absolute atomic E-state index is 11.3. The predicted octanol–water partition coefficient (Wildman–Crippen LogP) is 3.63. The average molecular weight is 220 g/mol. The molecule has 1 N–H and O–H groups in total. The summed E-state index contributed by atoms with van der Waals surface area (Å²) in [6.07, 6.45) is 0. The van der Waals surface area contributed by atoms with Crippen LogP contribution in [0.3, 0.4) is 0 Å². The average Bonchev–Trinajstić information content (AvgIpc) is 2.17. The molecule has 1 aromatic rings. The number of carboxylic acids is 1. The van der Waals surface area contributed by atoms with Crippen LogP contribution in [0.2, 0.25) is 0 Å². The third-order valence-corrected chi connectivity index (χ3v) is 2.89. The minimum atomic E-state index is -0.733. The Labute approximate surface area is 97.3 Å². The number of hydrogen-bond acceptors (Lipinski definition) is 1. The first kappa shape index (κ1) is 12.8. The van der Waals surface area contributed by atoms with Crippen LogP contribution in [0.1, 0.15) is 50.7 Å². The van der Waals surface area contributed by atoms with E-state index >= 15 is 0 Å². The van der Waals surface area contributed by atoms with Gasteiger partial charge in [0.25, 0.3) is 0 Å². The lowest BCUT2D eigenvalue weighted by Gasteiger charge is -2.21. The van der Waals surface area contributed by atoms with Crippen LogP contribution < -0.4 is 0 Å². The Morgan fingerprint density at radius 2 is 1.56 bits per heavy atom. The maximum atomic E-state index is 11.3. The van der Waals surface area contributed by atoms with Gasteiger partial charge in [-0.1, -0.05) is 52.0 Å². The largest absolute Gasteiger partial charge is 0.481 e. The van der Waals surface area contributed by atoms with Crippen molar-refractivity contribution in [1.82, 2.24) is 0 Å². The summed E-state index contributed by atoms with van der Waals surface area (Å²) in [5.74, 6) is -0.670. The minimum absolute atomic E-state index is 0.109. The van der Waals surface area contributed by atoms with Crippen molar-refractivity contribution in [3.05, 3.63) is 35.4 Å².